The normalized spacial score (nSPS) is 11.8. The molecule has 0 bridgehead atoms. The summed E-state index contributed by atoms with van der Waals surface area (Å²) >= 11 is 0. The SMILES string of the molecule is CS(=O)(=O)O.PC(C=CP(c1ccccc1)c1ccccc1)(c1ccccc1)c1ccccc1. The Morgan fingerprint density at radius 1 is 0.676 bits per heavy atom. The van der Waals surface area contributed by atoms with E-state index in [1.165, 1.54) is 21.7 Å². The van der Waals surface area contributed by atoms with Crippen molar-refractivity contribution in [1.29, 1.82) is 0 Å². The fraction of sp³-hybridized carbons (Fsp3) is 0.0714. The summed E-state index contributed by atoms with van der Waals surface area (Å²) in [6.45, 7) is 0. The van der Waals surface area contributed by atoms with Crippen molar-refractivity contribution >= 4 is 37.9 Å². The highest BCUT2D eigenvalue weighted by atomic mass is 32.2. The molecular weight excluding hydrogens is 478 g/mol. The van der Waals surface area contributed by atoms with E-state index in [0.29, 0.717) is 6.26 Å². The zero-order chi connectivity index (χ0) is 24.4. The minimum absolute atomic E-state index is 0.271. The van der Waals surface area contributed by atoms with Crippen LogP contribution in [-0.4, -0.2) is 19.2 Å². The third-order valence-electron chi connectivity index (χ3n) is 5.06. The average molecular weight is 507 g/mol. The second-order valence-corrected chi connectivity index (χ2v) is 12.1. The second-order valence-electron chi connectivity index (χ2n) is 7.69. The lowest BCUT2D eigenvalue weighted by molar-refractivity contribution is 0.490. The summed E-state index contributed by atoms with van der Waals surface area (Å²) < 4.78 is 25.9. The standard InChI is InChI=1S/C27H24P2.CH4O3S/c28-27(23-13-5-1-6-14-23,24-15-7-2-8-16-24)21-22-29(25-17-9-3-10-18-25)26-19-11-4-12-20-26;1-5(2,3)4/h1-22H,28H2;1H3,(H,2,3,4). The van der Waals surface area contributed by atoms with Gasteiger partial charge in [-0.2, -0.15) is 8.42 Å². The molecular formula is C28H28O3P2S. The Bertz CT molecular complexity index is 1190. The Balaban J connectivity index is 0.000000588. The second kappa shape index (κ2) is 12.2. The molecule has 4 aromatic rings. The molecule has 1 atom stereocenters. The first kappa shape index (κ1) is 26.0. The molecule has 0 heterocycles. The topological polar surface area (TPSA) is 54.4 Å². The van der Waals surface area contributed by atoms with Gasteiger partial charge in [-0.3, -0.25) is 4.55 Å². The van der Waals surface area contributed by atoms with Crippen molar-refractivity contribution in [1.82, 2.24) is 0 Å². The predicted molar refractivity (Wildman–Crippen MR) is 149 cm³/mol. The Labute approximate surface area is 206 Å². The highest BCUT2D eigenvalue weighted by molar-refractivity contribution is 7.85. The molecule has 174 valence electrons. The van der Waals surface area contributed by atoms with E-state index < -0.39 is 18.0 Å². The third-order valence-corrected chi connectivity index (χ3v) is 8.07. The lowest BCUT2D eigenvalue weighted by Gasteiger charge is -2.28. The summed E-state index contributed by atoms with van der Waals surface area (Å²) in [5.74, 6) is 2.41. The minimum atomic E-state index is -3.67. The monoisotopic (exact) mass is 506 g/mol. The molecule has 0 aromatic heterocycles. The Hall–Kier alpha value is -2.61. The number of benzene rings is 4. The van der Waals surface area contributed by atoms with Crippen LogP contribution in [0.3, 0.4) is 0 Å². The van der Waals surface area contributed by atoms with Crippen LogP contribution in [0, 0.1) is 0 Å². The van der Waals surface area contributed by atoms with Gasteiger partial charge in [0.25, 0.3) is 10.1 Å². The van der Waals surface area contributed by atoms with E-state index in [1.807, 2.05) is 0 Å². The minimum Gasteiger partial charge on any atom is -0.286 e. The molecule has 0 saturated carbocycles. The van der Waals surface area contributed by atoms with Crippen LogP contribution in [0.2, 0.25) is 0 Å². The van der Waals surface area contributed by atoms with Crippen molar-refractivity contribution in [2.45, 2.75) is 5.16 Å². The highest BCUT2D eigenvalue weighted by Gasteiger charge is 2.26. The molecule has 6 heteroatoms. The molecule has 34 heavy (non-hydrogen) atoms. The maximum atomic E-state index is 9.19. The molecule has 0 radical (unpaired) electrons. The van der Waals surface area contributed by atoms with E-state index in [2.05, 4.69) is 142 Å². The molecule has 4 aromatic carbocycles. The van der Waals surface area contributed by atoms with E-state index in [4.69, 9.17) is 4.55 Å². The van der Waals surface area contributed by atoms with Gasteiger partial charge in [0.15, 0.2) is 0 Å². The van der Waals surface area contributed by atoms with Crippen molar-refractivity contribution in [3.63, 3.8) is 0 Å². The molecule has 0 aliphatic carbocycles. The average Bonchev–Trinajstić information content (AvgIpc) is 2.85. The molecule has 0 fully saturated rings. The molecule has 4 rings (SSSR count). The van der Waals surface area contributed by atoms with Crippen molar-refractivity contribution in [3.05, 3.63) is 144 Å². The first-order valence-corrected chi connectivity index (χ1v) is 14.5. The van der Waals surface area contributed by atoms with Crippen LogP contribution >= 0.6 is 17.2 Å². The van der Waals surface area contributed by atoms with Crippen molar-refractivity contribution in [2.24, 2.45) is 0 Å². The molecule has 0 aliphatic heterocycles. The van der Waals surface area contributed by atoms with Gasteiger partial charge in [-0.15, -0.1) is 9.24 Å². The lowest BCUT2D eigenvalue weighted by Crippen LogP contribution is -2.17. The van der Waals surface area contributed by atoms with Gasteiger partial charge in [-0.1, -0.05) is 133 Å². The molecule has 0 amide bonds. The van der Waals surface area contributed by atoms with Gasteiger partial charge in [-0.05, 0) is 29.7 Å². The van der Waals surface area contributed by atoms with E-state index in [1.54, 1.807) is 0 Å². The molecule has 3 nitrogen and oxygen atoms in total. The fourth-order valence-electron chi connectivity index (χ4n) is 3.48. The summed E-state index contributed by atoms with van der Waals surface area (Å²) in [6, 6.07) is 43.0. The molecule has 1 unspecified atom stereocenters. The summed E-state index contributed by atoms with van der Waals surface area (Å²) in [4.78, 5) is 0. The molecule has 0 aliphatic rings. The van der Waals surface area contributed by atoms with Crippen molar-refractivity contribution in [3.8, 4) is 0 Å². The van der Waals surface area contributed by atoms with Crippen LogP contribution in [0.25, 0.3) is 0 Å². The van der Waals surface area contributed by atoms with Gasteiger partial charge in [0.2, 0.25) is 0 Å². The molecule has 0 spiro atoms. The number of rotatable bonds is 6. The predicted octanol–water partition coefficient (Wildman–Crippen LogP) is 5.96. The smallest absolute Gasteiger partial charge is 0.261 e. The highest BCUT2D eigenvalue weighted by Crippen LogP contribution is 2.44. The maximum absolute atomic E-state index is 9.19. The summed E-state index contributed by atoms with van der Waals surface area (Å²) in [5.41, 5.74) is 2.53. The van der Waals surface area contributed by atoms with Gasteiger partial charge in [0.05, 0.1) is 11.4 Å². The Morgan fingerprint density at radius 3 is 1.29 bits per heavy atom. The number of allylic oxidation sites excluding steroid dienone is 1. The van der Waals surface area contributed by atoms with Crippen LogP contribution in [0.1, 0.15) is 11.1 Å². The van der Waals surface area contributed by atoms with E-state index in [-0.39, 0.29) is 5.16 Å². The van der Waals surface area contributed by atoms with Crippen LogP contribution in [0.4, 0.5) is 0 Å². The van der Waals surface area contributed by atoms with Gasteiger partial charge in [0.1, 0.15) is 0 Å². The quantitative estimate of drug-likeness (QED) is 0.260. The van der Waals surface area contributed by atoms with E-state index >= 15 is 0 Å². The zero-order valence-electron chi connectivity index (χ0n) is 18.9. The van der Waals surface area contributed by atoms with Gasteiger partial charge in [0, 0.05) is 0 Å². The van der Waals surface area contributed by atoms with Crippen LogP contribution in [0.5, 0.6) is 0 Å². The van der Waals surface area contributed by atoms with Gasteiger partial charge < -0.3 is 0 Å². The van der Waals surface area contributed by atoms with Crippen LogP contribution in [-0.2, 0) is 15.3 Å². The largest absolute Gasteiger partial charge is 0.286 e. The van der Waals surface area contributed by atoms with Gasteiger partial charge in [-0.25, -0.2) is 0 Å². The zero-order valence-corrected chi connectivity index (χ0v) is 21.8. The summed E-state index contributed by atoms with van der Waals surface area (Å²) in [6.07, 6.45) is 3.08. The van der Waals surface area contributed by atoms with E-state index in [0.717, 1.165) is 0 Å². The van der Waals surface area contributed by atoms with E-state index in [9.17, 15) is 8.42 Å². The fourth-order valence-corrected chi connectivity index (χ4v) is 6.13. The third kappa shape index (κ3) is 7.72. The lowest BCUT2D eigenvalue weighted by atomic mass is 9.90. The Kier molecular flexibility index (Phi) is 9.33. The first-order valence-electron chi connectivity index (χ1n) is 10.7. The molecule has 1 N–H and O–H groups in total. The van der Waals surface area contributed by atoms with Crippen LogP contribution < -0.4 is 10.6 Å². The summed E-state index contributed by atoms with van der Waals surface area (Å²) in [7, 11) is -1.15. The Morgan fingerprint density at radius 2 is 0.971 bits per heavy atom. The first-order chi connectivity index (χ1) is 16.3. The van der Waals surface area contributed by atoms with Gasteiger partial charge >= 0.3 is 0 Å². The van der Waals surface area contributed by atoms with Crippen molar-refractivity contribution in [2.75, 3.05) is 6.26 Å². The maximum Gasteiger partial charge on any atom is 0.261 e. The van der Waals surface area contributed by atoms with Crippen molar-refractivity contribution < 1.29 is 13.0 Å². The summed E-state index contributed by atoms with van der Waals surface area (Å²) in [5, 5.41) is 2.45. The molecule has 0 saturated heterocycles. The van der Waals surface area contributed by atoms with Crippen LogP contribution in [0.15, 0.2) is 133 Å². The number of hydrogen-bond donors (Lipinski definition) is 1. The number of hydrogen-bond acceptors (Lipinski definition) is 2.